The lowest BCUT2D eigenvalue weighted by atomic mass is 9.94. The molecule has 2 amide bonds. The first-order valence-electron chi connectivity index (χ1n) is 12.3. The van der Waals surface area contributed by atoms with Crippen LogP contribution < -0.4 is 15.2 Å². The van der Waals surface area contributed by atoms with Crippen LogP contribution in [0, 0.1) is 5.92 Å². The predicted molar refractivity (Wildman–Crippen MR) is 141 cm³/mol. The van der Waals surface area contributed by atoms with Gasteiger partial charge in [0.2, 0.25) is 0 Å². The maximum atomic E-state index is 12.6. The molecule has 3 heterocycles. The van der Waals surface area contributed by atoms with Crippen molar-refractivity contribution in [2.75, 3.05) is 62.7 Å². The van der Waals surface area contributed by atoms with Gasteiger partial charge in [0.1, 0.15) is 5.82 Å². The molecule has 0 atom stereocenters. The van der Waals surface area contributed by atoms with Crippen molar-refractivity contribution >= 4 is 39.2 Å². The first-order valence-corrected chi connectivity index (χ1v) is 13.1. The van der Waals surface area contributed by atoms with E-state index in [1.54, 1.807) is 16.4 Å². The molecule has 0 radical (unpaired) electrons. The van der Waals surface area contributed by atoms with Crippen molar-refractivity contribution in [3.8, 4) is 0 Å². The van der Waals surface area contributed by atoms with Gasteiger partial charge in [0.15, 0.2) is 0 Å². The molecule has 0 saturated carbocycles. The first-order chi connectivity index (χ1) is 16.7. The second-order valence-electron chi connectivity index (χ2n) is 9.36. The molecule has 0 aliphatic carbocycles. The van der Waals surface area contributed by atoms with E-state index in [4.69, 9.17) is 4.37 Å². The van der Waals surface area contributed by atoms with Crippen LogP contribution in [-0.2, 0) is 0 Å². The third-order valence-corrected chi connectivity index (χ3v) is 8.02. The summed E-state index contributed by atoms with van der Waals surface area (Å²) in [5.74, 6) is 1.90. The average Bonchev–Trinajstić information content (AvgIpc) is 3.33. The molecule has 1 N–H and O–H groups in total. The van der Waals surface area contributed by atoms with Crippen molar-refractivity contribution in [1.29, 1.82) is 0 Å². The second-order valence-corrected chi connectivity index (χ2v) is 10.2. The number of piperidine rings is 1. The molecule has 0 spiro atoms. The first kappa shape index (κ1) is 23.1. The van der Waals surface area contributed by atoms with Gasteiger partial charge in [-0.1, -0.05) is 30.3 Å². The Labute approximate surface area is 206 Å². The van der Waals surface area contributed by atoms with E-state index in [1.807, 2.05) is 37.4 Å². The van der Waals surface area contributed by atoms with Gasteiger partial charge in [-0.15, -0.1) is 0 Å². The van der Waals surface area contributed by atoms with E-state index in [0.29, 0.717) is 0 Å². The Morgan fingerprint density at radius 1 is 1.00 bits per heavy atom. The lowest BCUT2D eigenvalue weighted by molar-refractivity contribution is 0.123. The van der Waals surface area contributed by atoms with Gasteiger partial charge in [-0.25, -0.2) is 9.80 Å². The van der Waals surface area contributed by atoms with Crippen LogP contribution in [0.2, 0.25) is 0 Å². The minimum absolute atomic E-state index is 0.0737. The van der Waals surface area contributed by atoms with Crippen LogP contribution in [0.4, 0.5) is 16.3 Å². The van der Waals surface area contributed by atoms with Crippen molar-refractivity contribution in [1.82, 2.24) is 19.7 Å². The number of hydrazine groups is 1. The summed E-state index contributed by atoms with van der Waals surface area (Å²) in [5, 5.41) is 3.37. The Kier molecular flexibility index (Phi) is 7.27. The van der Waals surface area contributed by atoms with Gasteiger partial charge >= 0.3 is 6.03 Å². The van der Waals surface area contributed by atoms with Crippen LogP contribution in [0.15, 0.2) is 54.6 Å². The zero-order valence-corrected chi connectivity index (χ0v) is 20.7. The number of aromatic nitrogens is 1. The summed E-state index contributed by atoms with van der Waals surface area (Å²) in [6, 6.07) is 18.2. The molecule has 3 aromatic rings. The summed E-state index contributed by atoms with van der Waals surface area (Å²) in [6.07, 6.45) is 3.52. The minimum Gasteiger partial charge on any atom is -0.353 e. The molecule has 34 heavy (non-hydrogen) atoms. The number of hydrogen-bond donors (Lipinski definition) is 1. The average molecular weight is 479 g/mol. The lowest BCUT2D eigenvalue weighted by Crippen LogP contribution is -2.51. The fraction of sp³-hybridized carbons (Fsp3) is 0.462. The summed E-state index contributed by atoms with van der Waals surface area (Å²) in [7, 11) is 1.81. The van der Waals surface area contributed by atoms with Crippen molar-refractivity contribution in [2.24, 2.45) is 5.92 Å². The maximum Gasteiger partial charge on any atom is 0.336 e. The second kappa shape index (κ2) is 10.7. The lowest BCUT2D eigenvalue weighted by Gasteiger charge is -2.37. The zero-order chi connectivity index (χ0) is 23.3. The van der Waals surface area contributed by atoms with Crippen LogP contribution in [-0.4, -0.2) is 73.2 Å². The topological polar surface area (TPSA) is 55.0 Å². The highest BCUT2D eigenvalue weighted by Gasteiger charge is 2.24. The van der Waals surface area contributed by atoms with Crippen molar-refractivity contribution in [3.05, 3.63) is 54.6 Å². The predicted octanol–water partition coefficient (Wildman–Crippen LogP) is 4.28. The highest BCUT2D eigenvalue weighted by Crippen LogP contribution is 2.30. The summed E-state index contributed by atoms with van der Waals surface area (Å²) in [6.45, 7) is 7.31. The standard InChI is InChI=1S/C26H34N6OS/c1-29(22-7-3-2-4-8-22)26(33)27-32-15-12-21(13-16-32)11-14-30-17-19-31(20-18-30)25-23-9-5-6-10-24(23)34-28-25/h2-10,21H,11-20H2,1H3,(H,27,33). The van der Waals surface area contributed by atoms with Gasteiger partial charge in [0.25, 0.3) is 0 Å². The Balaban J connectivity index is 1.02. The monoisotopic (exact) mass is 478 g/mol. The van der Waals surface area contributed by atoms with Gasteiger partial charge < -0.3 is 4.90 Å². The van der Waals surface area contributed by atoms with Gasteiger partial charge in [-0.2, -0.15) is 4.37 Å². The Morgan fingerprint density at radius 2 is 1.71 bits per heavy atom. The number of piperazine rings is 1. The van der Waals surface area contributed by atoms with Crippen molar-refractivity contribution in [2.45, 2.75) is 19.3 Å². The smallest absolute Gasteiger partial charge is 0.336 e. The van der Waals surface area contributed by atoms with Crippen LogP contribution in [0.3, 0.4) is 0 Å². The minimum atomic E-state index is -0.0737. The number of benzene rings is 2. The van der Waals surface area contributed by atoms with Crippen LogP contribution in [0.5, 0.6) is 0 Å². The fourth-order valence-electron chi connectivity index (χ4n) is 4.96. The van der Waals surface area contributed by atoms with Crippen LogP contribution in [0.1, 0.15) is 19.3 Å². The third-order valence-electron chi connectivity index (χ3n) is 7.20. The van der Waals surface area contributed by atoms with Gasteiger partial charge in [0.05, 0.1) is 4.70 Å². The molecule has 2 saturated heterocycles. The molecular weight excluding hydrogens is 444 g/mol. The summed E-state index contributed by atoms with van der Waals surface area (Å²) in [4.78, 5) is 19.3. The third kappa shape index (κ3) is 5.35. The van der Waals surface area contributed by atoms with Crippen molar-refractivity contribution in [3.63, 3.8) is 0 Å². The Bertz CT molecular complexity index is 1070. The van der Waals surface area contributed by atoms with E-state index in [-0.39, 0.29) is 6.03 Å². The quantitative estimate of drug-likeness (QED) is 0.573. The van der Waals surface area contributed by atoms with E-state index >= 15 is 0 Å². The molecule has 8 heteroatoms. The number of rotatable bonds is 6. The molecule has 180 valence electrons. The number of nitrogens with one attached hydrogen (secondary N) is 1. The number of hydrogen-bond acceptors (Lipinski definition) is 6. The van der Waals surface area contributed by atoms with Crippen LogP contribution >= 0.6 is 11.5 Å². The molecule has 2 aliphatic rings. The number of urea groups is 1. The van der Waals surface area contributed by atoms with E-state index < -0.39 is 0 Å². The molecule has 5 rings (SSSR count). The molecular formula is C26H34N6OS. The number of amides is 2. The largest absolute Gasteiger partial charge is 0.353 e. The molecule has 2 aromatic carbocycles. The Morgan fingerprint density at radius 3 is 2.47 bits per heavy atom. The maximum absolute atomic E-state index is 12.6. The number of para-hydroxylation sites is 1. The van der Waals surface area contributed by atoms with Gasteiger partial charge in [0, 0.05) is 57.4 Å². The van der Waals surface area contributed by atoms with Gasteiger partial charge in [-0.3, -0.25) is 15.2 Å². The fourth-order valence-corrected chi connectivity index (χ4v) is 5.76. The number of carbonyl (C=O) groups excluding carboxylic acids is 1. The van der Waals surface area contributed by atoms with Crippen LogP contribution in [0.25, 0.3) is 10.1 Å². The highest BCUT2D eigenvalue weighted by atomic mass is 32.1. The number of anilines is 2. The van der Waals surface area contributed by atoms with E-state index in [0.717, 1.165) is 69.5 Å². The molecule has 2 fully saturated rings. The van der Waals surface area contributed by atoms with Gasteiger partial charge in [-0.05, 0) is 67.5 Å². The highest BCUT2D eigenvalue weighted by molar-refractivity contribution is 7.13. The molecule has 0 unspecified atom stereocenters. The summed E-state index contributed by atoms with van der Waals surface area (Å²) >= 11 is 1.60. The Hall–Kier alpha value is -2.68. The zero-order valence-electron chi connectivity index (χ0n) is 19.9. The molecule has 1 aromatic heterocycles. The molecule has 0 bridgehead atoms. The normalized spacial score (nSPS) is 18.3. The molecule has 7 nitrogen and oxygen atoms in total. The summed E-state index contributed by atoms with van der Waals surface area (Å²) < 4.78 is 6.00. The van der Waals surface area contributed by atoms with Crippen molar-refractivity contribution < 1.29 is 4.79 Å². The SMILES string of the molecule is CN(C(=O)NN1CCC(CCN2CCN(c3nsc4ccccc34)CC2)CC1)c1ccccc1. The van der Waals surface area contributed by atoms with E-state index in [1.165, 1.54) is 23.1 Å². The van der Waals surface area contributed by atoms with E-state index in [9.17, 15) is 4.79 Å². The molecule has 2 aliphatic heterocycles. The number of nitrogens with zero attached hydrogens (tertiary/aromatic N) is 5. The number of fused-ring (bicyclic) bond motifs is 1. The van der Waals surface area contributed by atoms with E-state index in [2.05, 4.69) is 44.5 Å². The number of carbonyl (C=O) groups is 1. The summed E-state index contributed by atoms with van der Waals surface area (Å²) in [5.41, 5.74) is 3.97.